The van der Waals surface area contributed by atoms with Gasteiger partial charge >= 0.3 is 0 Å². The maximum Gasteiger partial charge on any atom is 0.220 e. The second kappa shape index (κ2) is 8.35. The smallest absolute Gasteiger partial charge is 0.220 e. The van der Waals surface area contributed by atoms with Gasteiger partial charge in [0, 0.05) is 43.5 Å². The maximum atomic E-state index is 12.0. The van der Waals surface area contributed by atoms with Crippen LogP contribution in [0.1, 0.15) is 42.8 Å². The summed E-state index contributed by atoms with van der Waals surface area (Å²) < 4.78 is 0. The van der Waals surface area contributed by atoms with Crippen molar-refractivity contribution in [2.75, 3.05) is 13.1 Å². The Kier molecular flexibility index (Phi) is 5.93. The van der Waals surface area contributed by atoms with E-state index in [0.717, 1.165) is 37.5 Å². The van der Waals surface area contributed by atoms with Gasteiger partial charge < -0.3 is 5.32 Å². The van der Waals surface area contributed by atoms with E-state index in [1.807, 2.05) is 30.9 Å². The molecule has 2 aromatic rings. The van der Waals surface area contributed by atoms with Crippen LogP contribution in [0.25, 0.3) is 0 Å². The van der Waals surface area contributed by atoms with Gasteiger partial charge in [-0.1, -0.05) is 6.92 Å². The summed E-state index contributed by atoms with van der Waals surface area (Å²) in [6.07, 6.45) is 8.30. The van der Waals surface area contributed by atoms with Crippen molar-refractivity contribution in [1.82, 2.24) is 20.2 Å². The Labute approximate surface area is 147 Å². The molecule has 1 N–H and O–H groups in total. The second-order valence-electron chi connectivity index (χ2n) is 6.26. The van der Waals surface area contributed by atoms with Crippen molar-refractivity contribution in [2.24, 2.45) is 5.92 Å². The molecule has 128 valence electrons. The summed E-state index contributed by atoms with van der Waals surface area (Å²) in [4.78, 5) is 23.0. The number of pyridine rings is 1. The van der Waals surface area contributed by atoms with Gasteiger partial charge in [-0.3, -0.25) is 14.7 Å². The largest absolute Gasteiger partial charge is 0.347 e. The number of likely N-dealkylation sites (tertiary alicyclic amines) is 1. The summed E-state index contributed by atoms with van der Waals surface area (Å²) in [7, 11) is 0. The first kappa shape index (κ1) is 17.0. The maximum absolute atomic E-state index is 12.0. The highest BCUT2D eigenvalue weighted by Crippen LogP contribution is 2.31. The topological polar surface area (TPSA) is 58.1 Å². The summed E-state index contributed by atoms with van der Waals surface area (Å²) in [6, 6.07) is 4.17. The summed E-state index contributed by atoms with van der Waals surface area (Å²) in [5, 5.41) is 6.20. The minimum absolute atomic E-state index is 0.0256. The molecule has 1 fully saturated rings. The third-order valence-electron chi connectivity index (χ3n) is 4.52. The summed E-state index contributed by atoms with van der Waals surface area (Å²) in [6.45, 7) is 4.91. The van der Waals surface area contributed by atoms with Gasteiger partial charge in [0.2, 0.25) is 5.91 Å². The Bertz CT molecular complexity index is 632. The van der Waals surface area contributed by atoms with Crippen LogP contribution in [0.3, 0.4) is 0 Å². The molecule has 1 aliphatic rings. The Balaban J connectivity index is 1.69. The van der Waals surface area contributed by atoms with Crippen molar-refractivity contribution < 1.29 is 4.79 Å². The normalized spacial score (nSPS) is 19.8. The van der Waals surface area contributed by atoms with Crippen LogP contribution in [0.2, 0.25) is 0 Å². The Morgan fingerprint density at radius 2 is 2.25 bits per heavy atom. The lowest BCUT2D eigenvalue weighted by Gasteiger charge is -2.36. The zero-order valence-corrected chi connectivity index (χ0v) is 14.8. The van der Waals surface area contributed by atoms with E-state index in [4.69, 9.17) is 0 Å². The summed E-state index contributed by atoms with van der Waals surface area (Å²) in [5.41, 5.74) is 1.29. The molecule has 2 aromatic heterocycles. The van der Waals surface area contributed by atoms with Crippen LogP contribution < -0.4 is 5.32 Å². The number of hydrogen-bond acceptors (Lipinski definition) is 5. The molecular formula is C18H24N4OS. The van der Waals surface area contributed by atoms with E-state index < -0.39 is 0 Å². The van der Waals surface area contributed by atoms with Gasteiger partial charge in [-0.15, -0.1) is 11.3 Å². The average Bonchev–Trinajstić information content (AvgIpc) is 3.15. The van der Waals surface area contributed by atoms with E-state index in [0.29, 0.717) is 12.3 Å². The number of carbonyl (C=O) groups is 1. The molecule has 0 spiro atoms. The van der Waals surface area contributed by atoms with E-state index in [-0.39, 0.29) is 11.9 Å². The molecule has 24 heavy (non-hydrogen) atoms. The molecular weight excluding hydrogens is 320 g/mol. The van der Waals surface area contributed by atoms with Crippen molar-refractivity contribution in [3.63, 3.8) is 0 Å². The first-order valence-electron chi connectivity index (χ1n) is 8.56. The molecule has 0 saturated carbocycles. The van der Waals surface area contributed by atoms with E-state index in [9.17, 15) is 4.79 Å². The SMILES string of the molecule is CCC(=O)N[C@H](c1nccs1)[C@@H]1CCCN(Cc2ccncc2)C1. The van der Waals surface area contributed by atoms with Crippen molar-refractivity contribution in [1.29, 1.82) is 0 Å². The van der Waals surface area contributed by atoms with Crippen LogP contribution in [-0.2, 0) is 11.3 Å². The predicted octanol–water partition coefficient (Wildman–Crippen LogP) is 3.02. The van der Waals surface area contributed by atoms with E-state index >= 15 is 0 Å². The lowest BCUT2D eigenvalue weighted by molar-refractivity contribution is -0.122. The van der Waals surface area contributed by atoms with Crippen LogP contribution in [0.5, 0.6) is 0 Å². The van der Waals surface area contributed by atoms with Crippen LogP contribution in [0, 0.1) is 5.92 Å². The minimum atomic E-state index is 0.0256. The Morgan fingerprint density at radius 1 is 1.42 bits per heavy atom. The molecule has 0 unspecified atom stereocenters. The summed E-state index contributed by atoms with van der Waals surface area (Å²) in [5.74, 6) is 0.503. The highest BCUT2D eigenvalue weighted by atomic mass is 32.1. The number of nitrogens with zero attached hydrogens (tertiary/aromatic N) is 3. The number of thiazole rings is 1. The number of amides is 1. The van der Waals surface area contributed by atoms with Gasteiger partial charge in [0.1, 0.15) is 5.01 Å². The summed E-state index contributed by atoms with van der Waals surface area (Å²) >= 11 is 1.63. The van der Waals surface area contributed by atoms with Crippen molar-refractivity contribution in [3.8, 4) is 0 Å². The monoisotopic (exact) mass is 344 g/mol. The predicted molar refractivity (Wildman–Crippen MR) is 95.5 cm³/mol. The number of nitrogens with one attached hydrogen (secondary N) is 1. The molecule has 3 heterocycles. The van der Waals surface area contributed by atoms with Gasteiger partial charge in [-0.25, -0.2) is 4.98 Å². The number of carbonyl (C=O) groups excluding carboxylic acids is 1. The molecule has 0 bridgehead atoms. The van der Waals surface area contributed by atoms with Gasteiger partial charge in [0.25, 0.3) is 0 Å². The number of rotatable bonds is 6. The Hall–Kier alpha value is -1.79. The van der Waals surface area contributed by atoms with Gasteiger partial charge in [0.05, 0.1) is 6.04 Å². The van der Waals surface area contributed by atoms with Gasteiger partial charge in [-0.05, 0) is 43.0 Å². The number of hydrogen-bond donors (Lipinski definition) is 1. The second-order valence-corrected chi connectivity index (χ2v) is 7.19. The molecule has 1 saturated heterocycles. The highest BCUT2D eigenvalue weighted by molar-refractivity contribution is 7.09. The van der Waals surface area contributed by atoms with Crippen molar-refractivity contribution >= 4 is 17.2 Å². The molecule has 3 rings (SSSR count). The third-order valence-corrected chi connectivity index (χ3v) is 5.38. The zero-order valence-electron chi connectivity index (χ0n) is 14.0. The van der Waals surface area contributed by atoms with E-state index in [2.05, 4.69) is 32.3 Å². The fourth-order valence-corrected chi connectivity index (χ4v) is 4.08. The van der Waals surface area contributed by atoms with Crippen LogP contribution in [0.4, 0.5) is 0 Å². The van der Waals surface area contributed by atoms with Crippen molar-refractivity contribution in [2.45, 2.75) is 38.8 Å². The standard InChI is InChI=1S/C18H24N4OS/c1-2-16(23)21-17(18-20-9-11-24-18)15-4-3-10-22(13-15)12-14-5-7-19-8-6-14/h5-9,11,15,17H,2-4,10,12-13H2,1H3,(H,21,23)/t15-,17+/m1/s1. The fraction of sp³-hybridized carbons (Fsp3) is 0.500. The van der Waals surface area contributed by atoms with Crippen molar-refractivity contribution in [3.05, 3.63) is 46.7 Å². The fourth-order valence-electron chi connectivity index (χ4n) is 3.30. The minimum Gasteiger partial charge on any atom is -0.347 e. The van der Waals surface area contributed by atoms with Gasteiger partial charge in [-0.2, -0.15) is 0 Å². The molecule has 6 heteroatoms. The lowest BCUT2D eigenvalue weighted by Crippen LogP contribution is -2.42. The van der Waals surface area contributed by atoms with E-state index in [1.165, 1.54) is 5.56 Å². The third kappa shape index (κ3) is 4.39. The molecule has 1 aliphatic heterocycles. The first-order chi connectivity index (χ1) is 11.8. The number of piperidine rings is 1. The molecule has 2 atom stereocenters. The molecule has 0 radical (unpaired) electrons. The quantitative estimate of drug-likeness (QED) is 0.875. The molecule has 0 aromatic carbocycles. The highest BCUT2D eigenvalue weighted by Gasteiger charge is 2.30. The first-order valence-corrected chi connectivity index (χ1v) is 9.44. The van der Waals surface area contributed by atoms with Crippen LogP contribution in [0.15, 0.2) is 36.1 Å². The molecule has 0 aliphatic carbocycles. The molecule has 1 amide bonds. The number of aromatic nitrogens is 2. The van der Waals surface area contributed by atoms with E-state index in [1.54, 1.807) is 11.3 Å². The zero-order chi connectivity index (χ0) is 16.8. The average molecular weight is 344 g/mol. The van der Waals surface area contributed by atoms with Crippen LogP contribution in [-0.4, -0.2) is 33.9 Å². The van der Waals surface area contributed by atoms with Gasteiger partial charge in [0.15, 0.2) is 0 Å². The lowest BCUT2D eigenvalue weighted by atomic mass is 9.90. The van der Waals surface area contributed by atoms with Crippen LogP contribution >= 0.6 is 11.3 Å². The molecule has 5 nitrogen and oxygen atoms in total. The Morgan fingerprint density at radius 3 is 2.96 bits per heavy atom.